The monoisotopic (exact) mass is 598 g/mol. The summed E-state index contributed by atoms with van der Waals surface area (Å²) >= 11 is 0. The van der Waals surface area contributed by atoms with Gasteiger partial charge in [0.2, 0.25) is 0 Å². The summed E-state index contributed by atoms with van der Waals surface area (Å²) in [5, 5.41) is 13.4. The van der Waals surface area contributed by atoms with Gasteiger partial charge in [-0.15, -0.1) is 0 Å². The van der Waals surface area contributed by atoms with Crippen LogP contribution in [0.15, 0.2) is 97.2 Å². The largest absolute Gasteiger partial charge is 0.307 e. The van der Waals surface area contributed by atoms with Crippen molar-refractivity contribution in [2.24, 2.45) is 0 Å². The molecule has 2 saturated carbocycles. The van der Waals surface area contributed by atoms with Crippen LogP contribution in [0.25, 0.3) is 55.1 Å². The van der Waals surface area contributed by atoms with Gasteiger partial charge in [0.1, 0.15) is 0 Å². The number of para-hydroxylation sites is 1. The molecule has 226 valence electrons. The Kier molecular flexibility index (Phi) is 6.66. The van der Waals surface area contributed by atoms with E-state index < -0.39 is 0 Å². The number of hydrogen-bond donors (Lipinski definition) is 0. The van der Waals surface area contributed by atoms with Gasteiger partial charge in [0, 0.05) is 28.0 Å². The molecule has 0 radical (unpaired) electrons. The van der Waals surface area contributed by atoms with Gasteiger partial charge in [-0.2, -0.15) is 5.26 Å². The molecule has 2 aliphatic carbocycles. The van der Waals surface area contributed by atoms with Gasteiger partial charge in [0.05, 0.1) is 44.9 Å². The predicted octanol–water partition coefficient (Wildman–Crippen LogP) is 11.2. The van der Waals surface area contributed by atoms with Crippen molar-refractivity contribution in [2.75, 3.05) is 0 Å². The number of aromatic nitrogens is 3. The summed E-state index contributed by atoms with van der Waals surface area (Å²) in [5.74, 6) is 1.32. The fraction of sp³-hybridized carbons (Fsp3) is 0.286. The first-order valence-corrected chi connectivity index (χ1v) is 17.3. The second-order valence-electron chi connectivity index (χ2n) is 13.6. The number of hydrogen-bond acceptors (Lipinski definition) is 2. The van der Waals surface area contributed by atoms with E-state index in [0.717, 1.165) is 33.3 Å². The Hall–Kier alpha value is -4.88. The maximum absolute atomic E-state index is 9.51. The van der Waals surface area contributed by atoms with Crippen molar-refractivity contribution in [1.82, 2.24) is 14.1 Å². The van der Waals surface area contributed by atoms with Crippen molar-refractivity contribution in [2.45, 2.75) is 76.0 Å². The molecular formula is C42H38N4. The van der Waals surface area contributed by atoms with E-state index in [2.05, 4.69) is 88.0 Å². The normalized spacial score (nSPS) is 16.5. The molecule has 0 N–H and O–H groups in total. The topological polar surface area (TPSA) is 46.5 Å². The summed E-state index contributed by atoms with van der Waals surface area (Å²) < 4.78 is 4.83. The van der Waals surface area contributed by atoms with Crippen LogP contribution in [0.5, 0.6) is 0 Å². The highest BCUT2D eigenvalue weighted by atomic mass is 15.1. The number of benzene rings is 4. The lowest BCUT2D eigenvalue weighted by molar-refractivity contribution is 0.444. The number of nitriles is 1. The number of nitrogens with zero attached hydrogens (tertiary/aromatic N) is 4. The molecule has 7 aromatic rings. The summed E-state index contributed by atoms with van der Waals surface area (Å²) in [5.41, 5.74) is 11.5. The molecular weight excluding hydrogens is 560 g/mol. The first-order chi connectivity index (χ1) is 22.8. The van der Waals surface area contributed by atoms with Gasteiger partial charge in [0.15, 0.2) is 0 Å². The maximum atomic E-state index is 9.51. The first kappa shape index (κ1) is 27.4. The Morgan fingerprint density at radius 1 is 0.587 bits per heavy atom. The van der Waals surface area contributed by atoms with Crippen LogP contribution in [0.1, 0.15) is 92.7 Å². The van der Waals surface area contributed by atoms with Gasteiger partial charge >= 0.3 is 0 Å². The van der Waals surface area contributed by atoms with E-state index in [-0.39, 0.29) is 0 Å². The zero-order chi connectivity index (χ0) is 30.6. The smallest absolute Gasteiger partial charge is 0.0991 e. The van der Waals surface area contributed by atoms with Crippen molar-refractivity contribution >= 4 is 43.7 Å². The summed E-state index contributed by atoms with van der Waals surface area (Å²) in [7, 11) is 0. The fourth-order valence-corrected chi connectivity index (χ4v) is 8.69. The number of fused-ring (bicyclic) bond motifs is 6. The van der Waals surface area contributed by atoms with Crippen LogP contribution in [0, 0.1) is 11.3 Å². The Bertz CT molecular complexity index is 2210. The Balaban J connectivity index is 1.34. The summed E-state index contributed by atoms with van der Waals surface area (Å²) in [4.78, 5) is 4.88. The molecule has 0 atom stereocenters. The molecule has 2 fully saturated rings. The fourth-order valence-electron chi connectivity index (χ4n) is 8.69. The van der Waals surface area contributed by atoms with E-state index in [1.165, 1.54) is 97.1 Å². The van der Waals surface area contributed by atoms with Crippen molar-refractivity contribution in [3.8, 4) is 17.4 Å². The Labute approximate surface area is 269 Å². The van der Waals surface area contributed by atoms with Crippen LogP contribution >= 0.6 is 0 Å². The second-order valence-corrected chi connectivity index (χ2v) is 13.6. The van der Waals surface area contributed by atoms with Crippen molar-refractivity contribution in [3.63, 3.8) is 0 Å². The minimum atomic E-state index is 0.659. The van der Waals surface area contributed by atoms with Crippen molar-refractivity contribution in [1.29, 1.82) is 5.26 Å². The molecule has 0 unspecified atom stereocenters. The number of rotatable bonds is 4. The SMILES string of the molecule is N#Cc1ccc(-n2c3cccnc3c3cccc(-n4c5ccc(C6CCCCC6)cc5c5cc(C6CCCCC6)ccc54)c32)cc1. The molecule has 46 heavy (non-hydrogen) atoms. The molecule has 4 heteroatoms. The molecule has 0 saturated heterocycles. The van der Waals surface area contributed by atoms with Crippen LogP contribution in [0.4, 0.5) is 0 Å². The van der Waals surface area contributed by atoms with Crippen LogP contribution in [0.3, 0.4) is 0 Å². The Morgan fingerprint density at radius 2 is 1.22 bits per heavy atom. The quantitative estimate of drug-likeness (QED) is 0.202. The maximum Gasteiger partial charge on any atom is 0.0991 e. The van der Waals surface area contributed by atoms with E-state index in [4.69, 9.17) is 4.98 Å². The van der Waals surface area contributed by atoms with Crippen LogP contribution in [-0.4, -0.2) is 14.1 Å². The molecule has 3 heterocycles. The van der Waals surface area contributed by atoms with E-state index in [9.17, 15) is 5.26 Å². The third-order valence-corrected chi connectivity index (χ3v) is 11.0. The average molecular weight is 599 g/mol. The molecule has 3 aromatic heterocycles. The van der Waals surface area contributed by atoms with E-state index in [1.807, 2.05) is 24.4 Å². The summed E-state index contributed by atoms with van der Waals surface area (Å²) in [6.07, 6.45) is 15.2. The van der Waals surface area contributed by atoms with Crippen molar-refractivity contribution < 1.29 is 0 Å². The lowest BCUT2D eigenvalue weighted by Gasteiger charge is -2.22. The van der Waals surface area contributed by atoms with E-state index in [1.54, 1.807) is 0 Å². The number of pyridine rings is 1. The molecule has 0 bridgehead atoms. The first-order valence-electron chi connectivity index (χ1n) is 17.3. The van der Waals surface area contributed by atoms with Gasteiger partial charge in [-0.25, -0.2) is 0 Å². The highest BCUT2D eigenvalue weighted by Gasteiger charge is 2.24. The standard InChI is InChI=1S/C42H38N4/c43-27-28-16-20-33(21-17-28)45-39-15-8-24-44-41(39)34-13-7-14-40(42(34)45)46-37-22-18-31(29-9-3-1-4-10-29)25-35(37)36-26-32(19-23-38(36)46)30-11-5-2-6-12-30/h7-8,13-26,29-30H,1-6,9-12H2. The molecule has 0 amide bonds. The van der Waals surface area contributed by atoms with Gasteiger partial charge in [-0.05, 0) is 115 Å². The molecule has 4 nitrogen and oxygen atoms in total. The zero-order valence-electron chi connectivity index (χ0n) is 26.3. The summed E-state index contributed by atoms with van der Waals surface area (Å²) in [6.45, 7) is 0. The second kappa shape index (κ2) is 11.2. The minimum Gasteiger partial charge on any atom is -0.307 e. The highest BCUT2D eigenvalue weighted by Crippen LogP contribution is 2.43. The molecule has 2 aliphatic rings. The third-order valence-electron chi connectivity index (χ3n) is 11.0. The third kappa shape index (κ3) is 4.36. The average Bonchev–Trinajstić information content (AvgIpc) is 3.65. The predicted molar refractivity (Wildman–Crippen MR) is 189 cm³/mol. The molecule has 9 rings (SSSR count). The molecule has 0 spiro atoms. The van der Waals surface area contributed by atoms with Gasteiger partial charge in [0.25, 0.3) is 0 Å². The van der Waals surface area contributed by atoms with Gasteiger partial charge < -0.3 is 9.13 Å². The van der Waals surface area contributed by atoms with E-state index in [0.29, 0.717) is 17.4 Å². The lowest BCUT2D eigenvalue weighted by atomic mass is 9.83. The van der Waals surface area contributed by atoms with Gasteiger partial charge in [-0.3, -0.25) is 4.98 Å². The van der Waals surface area contributed by atoms with Crippen molar-refractivity contribution in [3.05, 3.63) is 114 Å². The van der Waals surface area contributed by atoms with Crippen LogP contribution in [-0.2, 0) is 0 Å². The zero-order valence-corrected chi connectivity index (χ0v) is 26.3. The minimum absolute atomic E-state index is 0.659. The van der Waals surface area contributed by atoms with Crippen LogP contribution < -0.4 is 0 Å². The summed E-state index contributed by atoms with van der Waals surface area (Å²) in [6, 6.07) is 35.7. The molecule has 4 aromatic carbocycles. The van der Waals surface area contributed by atoms with Gasteiger partial charge in [-0.1, -0.05) is 62.8 Å². The Morgan fingerprint density at radius 3 is 1.83 bits per heavy atom. The highest BCUT2D eigenvalue weighted by molar-refractivity contribution is 6.14. The molecule has 0 aliphatic heterocycles. The lowest BCUT2D eigenvalue weighted by Crippen LogP contribution is -2.04. The van der Waals surface area contributed by atoms with E-state index >= 15 is 0 Å². The van der Waals surface area contributed by atoms with Crippen LogP contribution in [0.2, 0.25) is 0 Å².